The molecule has 0 aliphatic carbocycles. The lowest BCUT2D eigenvalue weighted by Crippen LogP contribution is -2.18. The topological polar surface area (TPSA) is 79.7 Å². The van der Waals surface area contributed by atoms with E-state index in [0.717, 1.165) is 25.3 Å². The molecule has 8 heteroatoms. The Hall–Kier alpha value is -1.86. The van der Waals surface area contributed by atoms with E-state index in [2.05, 4.69) is 31.0 Å². The Morgan fingerprint density at radius 1 is 1.48 bits per heavy atom. The summed E-state index contributed by atoms with van der Waals surface area (Å²) >= 11 is 6.14. The summed E-state index contributed by atoms with van der Waals surface area (Å²) in [7, 11) is 1.86. The fourth-order valence-electron chi connectivity index (χ4n) is 2.30. The zero-order valence-corrected chi connectivity index (χ0v) is 12.6. The smallest absolute Gasteiger partial charge is 0.229 e. The molecule has 3 N–H and O–H groups in total. The molecule has 0 saturated carbocycles. The molecule has 0 spiro atoms. The summed E-state index contributed by atoms with van der Waals surface area (Å²) in [6.45, 7) is 2.98. The number of aryl methyl sites for hydroxylation is 1. The van der Waals surface area contributed by atoms with E-state index in [1.807, 2.05) is 13.2 Å². The van der Waals surface area contributed by atoms with E-state index in [9.17, 15) is 0 Å². The predicted octanol–water partition coefficient (Wildman–Crippen LogP) is 1.63. The van der Waals surface area contributed by atoms with Gasteiger partial charge in [-0.3, -0.25) is 4.68 Å². The van der Waals surface area contributed by atoms with Crippen molar-refractivity contribution in [3.8, 4) is 0 Å². The van der Waals surface area contributed by atoms with E-state index in [4.69, 9.17) is 11.6 Å². The molecule has 0 amide bonds. The highest BCUT2D eigenvalue weighted by molar-refractivity contribution is 6.32. The Morgan fingerprint density at radius 3 is 3.10 bits per heavy atom. The minimum Gasteiger partial charge on any atom is -0.368 e. The van der Waals surface area contributed by atoms with Gasteiger partial charge in [0.15, 0.2) is 5.82 Å². The molecule has 3 heterocycles. The van der Waals surface area contributed by atoms with Crippen molar-refractivity contribution in [1.29, 1.82) is 0 Å². The lowest BCUT2D eigenvalue weighted by Gasteiger charge is -2.12. The molecule has 0 bridgehead atoms. The number of anilines is 3. The Morgan fingerprint density at radius 2 is 2.38 bits per heavy atom. The minimum absolute atomic E-state index is 0.499. The summed E-state index contributed by atoms with van der Waals surface area (Å²) < 4.78 is 1.71. The first-order valence-electron chi connectivity index (χ1n) is 6.93. The van der Waals surface area contributed by atoms with Crippen molar-refractivity contribution in [2.24, 2.45) is 13.0 Å². The van der Waals surface area contributed by atoms with Crippen molar-refractivity contribution < 1.29 is 0 Å². The van der Waals surface area contributed by atoms with Crippen LogP contribution >= 0.6 is 11.6 Å². The van der Waals surface area contributed by atoms with E-state index in [1.54, 1.807) is 17.1 Å². The lowest BCUT2D eigenvalue weighted by molar-refractivity contribution is 0.614. The average molecular weight is 308 g/mol. The molecule has 21 heavy (non-hydrogen) atoms. The van der Waals surface area contributed by atoms with E-state index in [1.165, 1.54) is 6.42 Å². The van der Waals surface area contributed by atoms with Crippen LogP contribution < -0.4 is 16.0 Å². The van der Waals surface area contributed by atoms with Gasteiger partial charge in [-0.1, -0.05) is 11.6 Å². The van der Waals surface area contributed by atoms with Crippen molar-refractivity contribution >= 4 is 29.1 Å². The second-order valence-corrected chi connectivity index (χ2v) is 5.56. The van der Waals surface area contributed by atoms with Gasteiger partial charge >= 0.3 is 0 Å². The standard InChI is InChI=1S/C13H18ClN7/c1-21-8-10(6-18-21)19-13-17-7-11(14)12(20-13)16-5-9-2-3-15-4-9/h6-9,15H,2-5H2,1H3,(H2,16,17,19,20)/t9-/m1/s1. The maximum Gasteiger partial charge on any atom is 0.229 e. The number of aromatic nitrogens is 4. The molecule has 2 aromatic heterocycles. The Kier molecular flexibility index (Phi) is 4.21. The van der Waals surface area contributed by atoms with Crippen molar-refractivity contribution in [2.45, 2.75) is 6.42 Å². The molecule has 1 atom stereocenters. The first kappa shape index (κ1) is 14.1. The second-order valence-electron chi connectivity index (χ2n) is 5.16. The van der Waals surface area contributed by atoms with Crippen LogP contribution in [0.1, 0.15) is 6.42 Å². The molecule has 1 aliphatic rings. The second kappa shape index (κ2) is 6.28. The lowest BCUT2D eigenvalue weighted by atomic mass is 10.1. The Balaban J connectivity index is 1.66. The summed E-state index contributed by atoms with van der Waals surface area (Å²) in [6.07, 6.45) is 6.35. The highest BCUT2D eigenvalue weighted by Crippen LogP contribution is 2.22. The van der Waals surface area contributed by atoms with Gasteiger partial charge in [-0.25, -0.2) is 4.98 Å². The number of nitrogens with zero attached hydrogens (tertiary/aromatic N) is 4. The van der Waals surface area contributed by atoms with Crippen molar-refractivity contribution in [1.82, 2.24) is 25.1 Å². The highest BCUT2D eigenvalue weighted by atomic mass is 35.5. The zero-order chi connectivity index (χ0) is 14.7. The molecular formula is C13H18ClN7. The molecule has 1 fully saturated rings. The summed E-state index contributed by atoms with van der Waals surface area (Å²) in [6, 6.07) is 0. The van der Waals surface area contributed by atoms with Gasteiger partial charge in [0, 0.05) is 19.8 Å². The third-order valence-corrected chi connectivity index (χ3v) is 3.70. The summed E-state index contributed by atoms with van der Waals surface area (Å²) in [5.74, 6) is 1.77. The van der Waals surface area contributed by atoms with Gasteiger partial charge in [0.1, 0.15) is 5.02 Å². The van der Waals surface area contributed by atoms with Crippen LogP contribution in [0, 0.1) is 5.92 Å². The number of nitrogens with one attached hydrogen (secondary N) is 3. The number of rotatable bonds is 5. The molecule has 0 aromatic carbocycles. The SMILES string of the molecule is Cn1cc(Nc2ncc(Cl)c(NC[C@@H]3CCNC3)n2)cn1. The van der Waals surface area contributed by atoms with Gasteiger partial charge in [0.05, 0.1) is 18.1 Å². The molecule has 1 aliphatic heterocycles. The van der Waals surface area contributed by atoms with E-state index >= 15 is 0 Å². The van der Waals surface area contributed by atoms with Crippen molar-refractivity contribution in [3.05, 3.63) is 23.6 Å². The first-order valence-corrected chi connectivity index (χ1v) is 7.31. The van der Waals surface area contributed by atoms with Gasteiger partial charge in [0.2, 0.25) is 5.95 Å². The van der Waals surface area contributed by atoms with Crippen molar-refractivity contribution in [3.63, 3.8) is 0 Å². The third-order valence-electron chi connectivity index (χ3n) is 3.43. The largest absolute Gasteiger partial charge is 0.368 e. The Bertz CT molecular complexity index is 606. The molecule has 1 saturated heterocycles. The van der Waals surface area contributed by atoms with Crippen LogP contribution in [0.4, 0.5) is 17.5 Å². The number of hydrogen-bond donors (Lipinski definition) is 3. The monoisotopic (exact) mass is 307 g/mol. The summed E-state index contributed by atoms with van der Waals surface area (Å²) in [5, 5.41) is 14.4. The van der Waals surface area contributed by atoms with Crippen LogP contribution in [0.25, 0.3) is 0 Å². The van der Waals surface area contributed by atoms with Gasteiger partial charge in [0.25, 0.3) is 0 Å². The van der Waals surface area contributed by atoms with E-state index in [-0.39, 0.29) is 0 Å². The predicted molar refractivity (Wildman–Crippen MR) is 83.0 cm³/mol. The summed E-state index contributed by atoms with van der Waals surface area (Å²) in [4.78, 5) is 8.59. The van der Waals surface area contributed by atoms with Gasteiger partial charge in [-0.15, -0.1) is 0 Å². The molecular weight excluding hydrogens is 290 g/mol. The normalized spacial score (nSPS) is 17.9. The van der Waals surface area contributed by atoms with Crippen LogP contribution in [0.5, 0.6) is 0 Å². The molecule has 2 aromatic rings. The zero-order valence-electron chi connectivity index (χ0n) is 11.8. The van der Waals surface area contributed by atoms with Crippen LogP contribution in [0.15, 0.2) is 18.6 Å². The van der Waals surface area contributed by atoms with Crippen LogP contribution in [-0.4, -0.2) is 39.4 Å². The quantitative estimate of drug-likeness (QED) is 0.779. The van der Waals surface area contributed by atoms with E-state index < -0.39 is 0 Å². The molecule has 0 unspecified atom stereocenters. The Labute approximate surface area is 128 Å². The van der Waals surface area contributed by atoms with Gasteiger partial charge < -0.3 is 16.0 Å². The molecule has 7 nitrogen and oxygen atoms in total. The first-order chi connectivity index (χ1) is 10.2. The fourth-order valence-corrected chi connectivity index (χ4v) is 2.45. The van der Waals surface area contributed by atoms with Crippen LogP contribution in [0.2, 0.25) is 5.02 Å². The molecule has 0 radical (unpaired) electrons. The summed E-state index contributed by atoms with van der Waals surface area (Å²) in [5.41, 5.74) is 0.839. The van der Waals surface area contributed by atoms with Gasteiger partial charge in [-0.05, 0) is 25.4 Å². The van der Waals surface area contributed by atoms with Crippen LogP contribution in [-0.2, 0) is 7.05 Å². The molecule has 3 rings (SSSR count). The fraction of sp³-hybridized carbons (Fsp3) is 0.462. The highest BCUT2D eigenvalue weighted by Gasteiger charge is 2.15. The van der Waals surface area contributed by atoms with Gasteiger partial charge in [-0.2, -0.15) is 10.1 Å². The average Bonchev–Trinajstić information content (AvgIpc) is 3.11. The maximum absolute atomic E-state index is 6.14. The van der Waals surface area contributed by atoms with Crippen LogP contribution in [0.3, 0.4) is 0 Å². The van der Waals surface area contributed by atoms with Crippen molar-refractivity contribution in [2.75, 3.05) is 30.3 Å². The maximum atomic E-state index is 6.14. The number of halogens is 1. The third kappa shape index (κ3) is 3.62. The van der Waals surface area contributed by atoms with E-state index in [0.29, 0.717) is 22.7 Å². The molecule has 112 valence electrons. The number of hydrogen-bond acceptors (Lipinski definition) is 6. The minimum atomic E-state index is 0.499.